The van der Waals surface area contributed by atoms with Crippen LogP contribution in [0.25, 0.3) is 0 Å². The van der Waals surface area contributed by atoms with Crippen molar-refractivity contribution in [1.82, 2.24) is 0 Å². The minimum Gasteiger partial charge on any atom is -0.325 e. The molecule has 0 aliphatic heterocycles. The number of rotatable bonds is 5. The van der Waals surface area contributed by atoms with Crippen LogP contribution in [0, 0.1) is 29.1 Å². The van der Waals surface area contributed by atoms with Gasteiger partial charge >= 0.3 is 0 Å². The predicted molar refractivity (Wildman–Crippen MR) is 116 cm³/mol. The molecule has 3 aromatic carbocycles. The fraction of sp³-hybridized carbons (Fsp3) is 0.192. The van der Waals surface area contributed by atoms with E-state index in [4.69, 9.17) is 0 Å². The number of hydrogen-bond acceptors (Lipinski definition) is 3. The first-order valence-electron chi connectivity index (χ1n) is 9.89. The molecule has 4 rings (SSSR count). The molecule has 1 aliphatic carbocycles. The van der Waals surface area contributed by atoms with Gasteiger partial charge < -0.3 is 5.32 Å². The lowest BCUT2D eigenvalue weighted by Gasteiger charge is -2.15. The van der Waals surface area contributed by atoms with Gasteiger partial charge in [-0.1, -0.05) is 72.8 Å². The molecule has 0 spiro atoms. The number of carbonyl (C=O) groups is 2. The van der Waals surface area contributed by atoms with Crippen LogP contribution in [0.4, 0.5) is 5.69 Å². The van der Waals surface area contributed by atoms with Crippen LogP contribution in [-0.4, -0.2) is 11.7 Å². The van der Waals surface area contributed by atoms with Gasteiger partial charge in [0.2, 0.25) is 5.91 Å². The van der Waals surface area contributed by atoms with E-state index in [0.29, 0.717) is 11.3 Å². The number of nitrogens with one attached hydrogen (secondary N) is 1. The fourth-order valence-corrected chi connectivity index (χ4v) is 4.60. The summed E-state index contributed by atoms with van der Waals surface area (Å²) in [6, 6.07) is 27.9. The van der Waals surface area contributed by atoms with Gasteiger partial charge in [-0.15, -0.1) is 0 Å². The van der Waals surface area contributed by atoms with Gasteiger partial charge in [0.1, 0.15) is 0 Å². The number of Topliss-reactive ketones (excluding diaryl/α,β-unsaturated/α-hetero) is 1. The topological polar surface area (TPSA) is 70.0 Å². The Hall–Kier alpha value is -3.71. The first-order valence-corrected chi connectivity index (χ1v) is 9.89. The van der Waals surface area contributed by atoms with Crippen LogP contribution in [0.15, 0.2) is 84.9 Å². The van der Waals surface area contributed by atoms with Crippen molar-refractivity contribution in [3.8, 4) is 6.07 Å². The lowest BCUT2D eigenvalue weighted by atomic mass is 9.87. The van der Waals surface area contributed by atoms with E-state index in [9.17, 15) is 14.9 Å². The number of carbonyl (C=O) groups excluding carboxylic acids is 2. The number of hydrogen-bond donors (Lipinski definition) is 1. The van der Waals surface area contributed by atoms with Crippen LogP contribution >= 0.6 is 0 Å². The van der Waals surface area contributed by atoms with E-state index in [1.54, 1.807) is 37.3 Å². The third-order valence-corrected chi connectivity index (χ3v) is 6.20. The second-order valence-electron chi connectivity index (χ2n) is 7.98. The zero-order chi connectivity index (χ0) is 21.4. The number of amides is 1. The molecule has 0 radical (unpaired) electrons. The molecular weight excluding hydrogens is 372 g/mol. The zero-order valence-corrected chi connectivity index (χ0v) is 16.9. The van der Waals surface area contributed by atoms with E-state index < -0.39 is 22.7 Å². The van der Waals surface area contributed by atoms with Crippen LogP contribution in [0.1, 0.15) is 34.3 Å². The lowest BCUT2D eigenvalue weighted by molar-refractivity contribution is -0.120. The standard InChI is InChI=1S/C26H22N2O2/c1-18-10-9-15-21(16-18)28-24(30)26(17-27)22(19-11-5-3-6-12-19)25(26,2)23(29)20-13-7-4-8-14-20/h3-16,22H,1-2H3,(H,28,30)/t22-,25-,26+/m1/s1. The Bertz CT molecular complexity index is 1150. The van der Waals surface area contributed by atoms with E-state index in [1.165, 1.54) is 0 Å². The minimum absolute atomic E-state index is 0.196. The molecule has 148 valence electrons. The van der Waals surface area contributed by atoms with Crippen LogP contribution in [-0.2, 0) is 4.79 Å². The third-order valence-electron chi connectivity index (χ3n) is 6.20. The Morgan fingerprint density at radius 2 is 1.57 bits per heavy atom. The van der Waals surface area contributed by atoms with Gasteiger partial charge in [-0.25, -0.2) is 0 Å². The Morgan fingerprint density at radius 1 is 0.933 bits per heavy atom. The molecular formula is C26H22N2O2. The number of ketones is 1. The van der Waals surface area contributed by atoms with Crippen molar-refractivity contribution in [3.63, 3.8) is 0 Å². The SMILES string of the molecule is Cc1cccc(NC(=O)[C@]2(C#N)[C@H](c3ccccc3)[C@]2(C)C(=O)c2ccccc2)c1. The molecule has 1 fully saturated rings. The van der Waals surface area contributed by atoms with Gasteiger partial charge in [0.15, 0.2) is 11.2 Å². The van der Waals surface area contributed by atoms with Gasteiger partial charge in [0.05, 0.1) is 11.5 Å². The molecule has 1 saturated carbocycles. The molecule has 4 heteroatoms. The van der Waals surface area contributed by atoms with Gasteiger partial charge in [-0.2, -0.15) is 5.26 Å². The molecule has 1 amide bonds. The first-order chi connectivity index (χ1) is 14.4. The smallest absolute Gasteiger partial charge is 0.246 e. The Balaban J connectivity index is 1.79. The summed E-state index contributed by atoms with van der Waals surface area (Å²) in [6.07, 6.45) is 0. The van der Waals surface area contributed by atoms with E-state index >= 15 is 0 Å². The average Bonchev–Trinajstić information content (AvgIpc) is 3.35. The van der Waals surface area contributed by atoms with E-state index in [2.05, 4.69) is 11.4 Å². The van der Waals surface area contributed by atoms with Crippen LogP contribution in [0.3, 0.4) is 0 Å². The lowest BCUT2D eigenvalue weighted by Crippen LogP contribution is -2.31. The second kappa shape index (κ2) is 7.27. The number of nitriles is 1. The maximum atomic E-state index is 13.6. The van der Waals surface area contributed by atoms with Crippen LogP contribution in [0.2, 0.25) is 0 Å². The van der Waals surface area contributed by atoms with E-state index in [0.717, 1.165) is 11.1 Å². The Labute approximate surface area is 176 Å². The Kier molecular flexibility index (Phi) is 4.75. The molecule has 0 bridgehead atoms. The molecule has 0 aromatic heterocycles. The van der Waals surface area contributed by atoms with Crippen molar-refractivity contribution in [2.24, 2.45) is 10.8 Å². The van der Waals surface area contributed by atoms with E-state index in [-0.39, 0.29) is 5.78 Å². The number of aryl methyl sites for hydroxylation is 1. The maximum absolute atomic E-state index is 13.6. The highest BCUT2D eigenvalue weighted by Gasteiger charge is 2.82. The molecule has 30 heavy (non-hydrogen) atoms. The monoisotopic (exact) mass is 394 g/mol. The van der Waals surface area contributed by atoms with E-state index in [1.807, 2.05) is 61.5 Å². The van der Waals surface area contributed by atoms with Crippen molar-refractivity contribution < 1.29 is 9.59 Å². The normalized spacial score (nSPS) is 24.5. The summed E-state index contributed by atoms with van der Waals surface area (Å²) < 4.78 is 0. The van der Waals surface area contributed by atoms with Gasteiger partial charge in [0.25, 0.3) is 0 Å². The predicted octanol–water partition coefficient (Wildman–Crippen LogP) is 5.13. The summed E-state index contributed by atoms with van der Waals surface area (Å²) in [5.74, 6) is -1.18. The highest BCUT2D eigenvalue weighted by atomic mass is 16.2. The van der Waals surface area contributed by atoms with Crippen molar-refractivity contribution in [3.05, 3.63) is 102 Å². The summed E-state index contributed by atoms with van der Waals surface area (Å²) in [5.41, 5.74) is 0.260. The highest BCUT2D eigenvalue weighted by molar-refractivity contribution is 6.14. The highest BCUT2D eigenvalue weighted by Crippen LogP contribution is 2.75. The number of benzene rings is 3. The molecule has 3 atom stereocenters. The second-order valence-corrected chi connectivity index (χ2v) is 7.98. The first kappa shape index (κ1) is 19.6. The molecule has 1 aliphatic rings. The van der Waals surface area contributed by atoms with Crippen LogP contribution in [0.5, 0.6) is 0 Å². The maximum Gasteiger partial charge on any atom is 0.246 e. The molecule has 1 N–H and O–H groups in total. The fourth-order valence-electron chi connectivity index (χ4n) is 4.60. The summed E-state index contributed by atoms with van der Waals surface area (Å²) >= 11 is 0. The average molecular weight is 394 g/mol. The number of nitrogens with zero attached hydrogens (tertiary/aromatic N) is 1. The number of anilines is 1. The minimum atomic E-state index is -1.50. The largest absolute Gasteiger partial charge is 0.325 e. The zero-order valence-electron chi connectivity index (χ0n) is 16.9. The van der Waals surface area contributed by atoms with Gasteiger partial charge in [-0.05, 0) is 37.1 Å². The summed E-state index contributed by atoms with van der Waals surface area (Å²) in [6.45, 7) is 3.67. The quantitative estimate of drug-likeness (QED) is 0.610. The molecule has 0 unspecified atom stereocenters. The molecule has 4 nitrogen and oxygen atoms in total. The van der Waals surface area contributed by atoms with Crippen molar-refractivity contribution >= 4 is 17.4 Å². The summed E-state index contributed by atoms with van der Waals surface area (Å²) in [7, 11) is 0. The summed E-state index contributed by atoms with van der Waals surface area (Å²) in [5, 5.41) is 13.1. The molecule has 3 aromatic rings. The summed E-state index contributed by atoms with van der Waals surface area (Å²) in [4.78, 5) is 27.1. The van der Waals surface area contributed by atoms with Crippen LogP contribution < -0.4 is 5.32 Å². The van der Waals surface area contributed by atoms with Crippen molar-refractivity contribution in [1.29, 1.82) is 5.26 Å². The molecule has 0 saturated heterocycles. The third kappa shape index (κ3) is 2.83. The Morgan fingerprint density at radius 3 is 2.17 bits per heavy atom. The molecule has 0 heterocycles. The van der Waals surface area contributed by atoms with Gasteiger partial charge in [-0.3, -0.25) is 9.59 Å². The van der Waals surface area contributed by atoms with Crippen molar-refractivity contribution in [2.75, 3.05) is 5.32 Å². The van der Waals surface area contributed by atoms with Crippen molar-refractivity contribution in [2.45, 2.75) is 19.8 Å². The van der Waals surface area contributed by atoms with Gasteiger partial charge in [0, 0.05) is 17.2 Å².